The second-order valence-corrected chi connectivity index (χ2v) is 4.98. The van der Waals surface area contributed by atoms with Gasteiger partial charge in [-0.2, -0.15) is 0 Å². The summed E-state index contributed by atoms with van der Waals surface area (Å²) in [5.41, 5.74) is 6.96. The third-order valence-corrected chi connectivity index (χ3v) is 3.33. The van der Waals surface area contributed by atoms with Crippen molar-refractivity contribution in [1.82, 2.24) is 5.32 Å². The van der Waals surface area contributed by atoms with Gasteiger partial charge in [0.25, 0.3) is 0 Å². The van der Waals surface area contributed by atoms with Gasteiger partial charge in [-0.15, -0.1) is 0 Å². The summed E-state index contributed by atoms with van der Waals surface area (Å²) >= 11 is 0. The Hall–Kier alpha value is -1.26. The van der Waals surface area contributed by atoms with E-state index in [0.29, 0.717) is 18.5 Å². The molecule has 4 heteroatoms. The lowest BCUT2D eigenvalue weighted by atomic mass is 10.0. The molecule has 0 radical (unpaired) electrons. The van der Waals surface area contributed by atoms with Gasteiger partial charge in [0.05, 0.1) is 14.2 Å². The highest BCUT2D eigenvalue weighted by atomic mass is 16.5. The maximum atomic E-state index is 5.74. The molecule has 3 N–H and O–H groups in total. The molecule has 0 heterocycles. The summed E-state index contributed by atoms with van der Waals surface area (Å²) < 4.78 is 10.5. The summed E-state index contributed by atoms with van der Waals surface area (Å²) in [7, 11) is 3.30. The molecule has 1 aromatic rings. The SMILES string of the molecule is COc1ccc(CCNC(CN)C(C)C)cc1OC. The van der Waals surface area contributed by atoms with Crippen molar-refractivity contribution in [3.63, 3.8) is 0 Å². The lowest BCUT2D eigenvalue weighted by Crippen LogP contribution is -2.41. The fourth-order valence-corrected chi connectivity index (χ4v) is 2.03. The van der Waals surface area contributed by atoms with E-state index in [0.717, 1.165) is 24.5 Å². The Morgan fingerprint density at radius 2 is 1.84 bits per heavy atom. The Bertz CT molecular complexity index is 380. The first kappa shape index (κ1) is 15.8. The van der Waals surface area contributed by atoms with Crippen LogP contribution in [-0.4, -0.2) is 33.4 Å². The number of hydrogen-bond donors (Lipinski definition) is 2. The summed E-state index contributed by atoms with van der Waals surface area (Å²) in [6.45, 7) is 5.95. The van der Waals surface area contributed by atoms with Crippen LogP contribution in [0.3, 0.4) is 0 Å². The van der Waals surface area contributed by atoms with Crippen molar-refractivity contribution >= 4 is 0 Å². The summed E-state index contributed by atoms with van der Waals surface area (Å²) in [6.07, 6.45) is 0.948. The second kappa shape index (κ2) is 8.02. The van der Waals surface area contributed by atoms with Gasteiger partial charge in [-0.25, -0.2) is 0 Å². The molecular weight excluding hydrogens is 240 g/mol. The quantitative estimate of drug-likeness (QED) is 0.753. The zero-order valence-corrected chi connectivity index (χ0v) is 12.4. The molecule has 0 saturated carbocycles. The standard InChI is InChI=1S/C15H26N2O2/c1-11(2)13(10-16)17-8-7-12-5-6-14(18-3)15(9-12)19-4/h5-6,9,11,13,17H,7-8,10,16H2,1-4H3. The molecule has 1 unspecified atom stereocenters. The zero-order valence-electron chi connectivity index (χ0n) is 12.4. The predicted molar refractivity (Wildman–Crippen MR) is 78.9 cm³/mol. The maximum Gasteiger partial charge on any atom is 0.160 e. The molecule has 0 bridgehead atoms. The van der Waals surface area contributed by atoms with Crippen LogP contribution in [0.15, 0.2) is 18.2 Å². The topological polar surface area (TPSA) is 56.5 Å². The van der Waals surface area contributed by atoms with Gasteiger partial charge < -0.3 is 20.5 Å². The largest absolute Gasteiger partial charge is 0.493 e. The van der Waals surface area contributed by atoms with Crippen LogP contribution in [0.2, 0.25) is 0 Å². The van der Waals surface area contributed by atoms with E-state index >= 15 is 0 Å². The molecule has 1 atom stereocenters. The monoisotopic (exact) mass is 266 g/mol. The fraction of sp³-hybridized carbons (Fsp3) is 0.600. The fourth-order valence-electron chi connectivity index (χ4n) is 2.03. The second-order valence-electron chi connectivity index (χ2n) is 4.98. The summed E-state index contributed by atoms with van der Waals surface area (Å²) in [5.74, 6) is 2.09. The zero-order chi connectivity index (χ0) is 14.3. The van der Waals surface area contributed by atoms with E-state index in [-0.39, 0.29) is 0 Å². The van der Waals surface area contributed by atoms with E-state index in [1.165, 1.54) is 5.56 Å². The minimum atomic E-state index is 0.375. The highest BCUT2D eigenvalue weighted by molar-refractivity contribution is 5.42. The van der Waals surface area contributed by atoms with E-state index in [2.05, 4.69) is 25.2 Å². The van der Waals surface area contributed by atoms with Gasteiger partial charge >= 0.3 is 0 Å². The molecule has 0 aromatic heterocycles. The van der Waals surface area contributed by atoms with E-state index in [9.17, 15) is 0 Å². The van der Waals surface area contributed by atoms with Crippen LogP contribution in [-0.2, 0) is 6.42 Å². The van der Waals surface area contributed by atoms with E-state index in [1.54, 1.807) is 14.2 Å². The summed E-state index contributed by atoms with van der Waals surface area (Å²) in [4.78, 5) is 0. The molecule has 0 aliphatic heterocycles. The Balaban J connectivity index is 2.54. The molecule has 108 valence electrons. The van der Waals surface area contributed by atoms with Gasteiger partial charge in [-0.05, 0) is 36.6 Å². The molecule has 19 heavy (non-hydrogen) atoms. The Morgan fingerprint density at radius 1 is 1.16 bits per heavy atom. The minimum Gasteiger partial charge on any atom is -0.493 e. The first-order valence-electron chi connectivity index (χ1n) is 6.76. The van der Waals surface area contributed by atoms with Crippen LogP contribution >= 0.6 is 0 Å². The molecular formula is C15H26N2O2. The molecule has 0 aliphatic carbocycles. The molecule has 0 saturated heterocycles. The van der Waals surface area contributed by atoms with Gasteiger partial charge in [-0.3, -0.25) is 0 Å². The van der Waals surface area contributed by atoms with Crippen LogP contribution < -0.4 is 20.5 Å². The minimum absolute atomic E-state index is 0.375. The van der Waals surface area contributed by atoms with Crippen molar-refractivity contribution in [2.45, 2.75) is 26.3 Å². The van der Waals surface area contributed by atoms with Gasteiger partial charge in [-0.1, -0.05) is 19.9 Å². The first-order valence-corrected chi connectivity index (χ1v) is 6.76. The third kappa shape index (κ3) is 4.73. The smallest absolute Gasteiger partial charge is 0.160 e. The number of nitrogens with one attached hydrogen (secondary N) is 1. The van der Waals surface area contributed by atoms with Crippen LogP contribution in [0.1, 0.15) is 19.4 Å². The Kier molecular flexibility index (Phi) is 6.67. The molecule has 0 aliphatic rings. The molecule has 0 spiro atoms. The van der Waals surface area contributed by atoms with E-state index in [4.69, 9.17) is 15.2 Å². The van der Waals surface area contributed by atoms with Gasteiger partial charge in [0.15, 0.2) is 11.5 Å². The molecule has 1 rings (SSSR count). The third-order valence-electron chi connectivity index (χ3n) is 3.33. The van der Waals surface area contributed by atoms with E-state index < -0.39 is 0 Å². The molecule has 0 fully saturated rings. The van der Waals surface area contributed by atoms with Gasteiger partial charge in [0, 0.05) is 12.6 Å². The van der Waals surface area contributed by atoms with Crippen molar-refractivity contribution < 1.29 is 9.47 Å². The highest BCUT2D eigenvalue weighted by Crippen LogP contribution is 2.27. The number of rotatable bonds is 8. The lowest BCUT2D eigenvalue weighted by Gasteiger charge is -2.20. The summed E-state index contributed by atoms with van der Waals surface area (Å²) in [6, 6.07) is 6.40. The van der Waals surface area contributed by atoms with Crippen molar-refractivity contribution in [2.24, 2.45) is 11.7 Å². The molecule has 1 aromatic carbocycles. The van der Waals surface area contributed by atoms with Crippen LogP contribution in [0, 0.1) is 5.92 Å². The van der Waals surface area contributed by atoms with Gasteiger partial charge in [0.1, 0.15) is 0 Å². The van der Waals surface area contributed by atoms with Crippen LogP contribution in [0.4, 0.5) is 0 Å². The Labute approximate surface area is 116 Å². The lowest BCUT2D eigenvalue weighted by molar-refractivity contribution is 0.354. The molecule has 4 nitrogen and oxygen atoms in total. The predicted octanol–water partition coefficient (Wildman–Crippen LogP) is 1.82. The number of benzene rings is 1. The van der Waals surface area contributed by atoms with Crippen molar-refractivity contribution in [3.8, 4) is 11.5 Å². The maximum absolute atomic E-state index is 5.74. The van der Waals surface area contributed by atoms with Crippen molar-refractivity contribution in [2.75, 3.05) is 27.3 Å². The highest BCUT2D eigenvalue weighted by Gasteiger charge is 2.10. The number of ether oxygens (including phenoxy) is 2. The average molecular weight is 266 g/mol. The van der Waals surface area contributed by atoms with E-state index in [1.807, 2.05) is 12.1 Å². The summed E-state index contributed by atoms with van der Waals surface area (Å²) in [5, 5.41) is 3.49. The van der Waals surface area contributed by atoms with Gasteiger partial charge in [0.2, 0.25) is 0 Å². The molecule has 0 amide bonds. The normalized spacial score (nSPS) is 12.5. The Morgan fingerprint density at radius 3 is 2.37 bits per heavy atom. The van der Waals surface area contributed by atoms with Crippen molar-refractivity contribution in [3.05, 3.63) is 23.8 Å². The van der Waals surface area contributed by atoms with Crippen molar-refractivity contribution in [1.29, 1.82) is 0 Å². The average Bonchev–Trinajstić information content (AvgIpc) is 2.42. The number of nitrogens with two attached hydrogens (primary N) is 1. The number of methoxy groups -OCH3 is 2. The number of hydrogen-bond acceptors (Lipinski definition) is 4. The first-order chi connectivity index (χ1) is 9.12. The van der Waals surface area contributed by atoms with Crippen LogP contribution in [0.25, 0.3) is 0 Å². The van der Waals surface area contributed by atoms with Crippen LogP contribution in [0.5, 0.6) is 11.5 Å².